The molecular formula is C17H28O2. The average Bonchev–Trinajstić information content (AvgIpc) is 2.71. The first-order valence-electron chi connectivity index (χ1n) is 7.67. The summed E-state index contributed by atoms with van der Waals surface area (Å²) in [6.45, 7) is 6.32. The molecule has 0 radical (unpaired) electrons. The predicted octanol–water partition coefficient (Wildman–Crippen LogP) is 4.45. The molecular weight excluding hydrogens is 236 g/mol. The Morgan fingerprint density at radius 3 is 2.21 bits per heavy atom. The summed E-state index contributed by atoms with van der Waals surface area (Å²) in [5, 5.41) is 0. The third kappa shape index (κ3) is 7.40. The Labute approximate surface area is 118 Å². The van der Waals surface area contributed by atoms with Crippen LogP contribution in [0.25, 0.3) is 0 Å². The van der Waals surface area contributed by atoms with E-state index < -0.39 is 0 Å². The Hall–Kier alpha value is -0.780. The molecule has 0 aromatic carbocycles. The van der Waals surface area contributed by atoms with E-state index in [4.69, 9.17) is 9.47 Å². The molecule has 0 saturated carbocycles. The van der Waals surface area contributed by atoms with Crippen LogP contribution in [0.1, 0.15) is 65.7 Å². The van der Waals surface area contributed by atoms with Gasteiger partial charge in [0.2, 0.25) is 0 Å². The first kappa shape index (κ1) is 16.3. The molecule has 1 heterocycles. The SMILES string of the molecule is CCCCCC#CCCC/C=C/C1O[C@H](C)[C@@H](C)O1. The van der Waals surface area contributed by atoms with Crippen LogP contribution in [0.4, 0.5) is 0 Å². The summed E-state index contributed by atoms with van der Waals surface area (Å²) in [7, 11) is 0. The zero-order valence-electron chi connectivity index (χ0n) is 12.7. The molecule has 0 N–H and O–H groups in total. The molecule has 0 spiro atoms. The van der Waals surface area contributed by atoms with Gasteiger partial charge in [0.25, 0.3) is 0 Å². The summed E-state index contributed by atoms with van der Waals surface area (Å²) >= 11 is 0. The van der Waals surface area contributed by atoms with Crippen LogP contribution >= 0.6 is 0 Å². The van der Waals surface area contributed by atoms with Crippen molar-refractivity contribution in [2.45, 2.75) is 84.2 Å². The maximum Gasteiger partial charge on any atom is 0.177 e. The molecule has 1 aliphatic heterocycles. The molecule has 0 amide bonds. The second-order valence-corrected chi connectivity index (χ2v) is 5.18. The molecule has 0 aliphatic carbocycles. The van der Waals surface area contributed by atoms with E-state index in [1.165, 1.54) is 19.3 Å². The van der Waals surface area contributed by atoms with Crippen LogP contribution in [0.15, 0.2) is 12.2 Å². The highest BCUT2D eigenvalue weighted by Crippen LogP contribution is 2.19. The van der Waals surface area contributed by atoms with Crippen LogP contribution in [0.2, 0.25) is 0 Å². The van der Waals surface area contributed by atoms with Crippen LogP contribution < -0.4 is 0 Å². The van der Waals surface area contributed by atoms with E-state index in [1.807, 2.05) is 19.9 Å². The highest BCUT2D eigenvalue weighted by molar-refractivity contribution is 4.99. The van der Waals surface area contributed by atoms with Gasteiger partial charge < -0.3 is 9.47 Å². The Balaban J connectivity index is 1.99. The number of rotatable bonds is 7. The van der Waals surface area contributed by atoms with Crippen LogP contribution in [-0.2, 0) is 9.47 Å². The van der Waals surface area contributed by atoms with Gasteiger partial charge in [-0.05, 0) is 39.2 Å². The Morgan fingerprint density at radius 1 is 0.947 bits per heavy atom. The molecule has 1 rings (SSSR count). The van der Waals surface area contributed by atoms with Gasteiger partial charge in [0, 0.05) is 12.8 Å². The smallest absolute Gasteiger partial charge is 0.177 e. The lowest BCUT2D eigenvalue weighted by Crippen LogP contribution is -2.13. The predicted molar refractivity (Wildman–Crippen MR) is 79.8 cm³/mol. The molecule has 0 unspecified atom stereocenters. The monoisotopic (exact) mass is 264 g/mol. The molecule has 0 bridgehead atoms. The summed E-state index contributed by atoms with van der Waals surface area (Å²) in [6.07, 6.45) is 12.5. The summed E-state index contributed by atoms with van der Waals surface area (Å²) < 4.78 is 11.2. The Bertz CT molecular complexity index is 301. The fourth-order valence-electron chi connectivity index (χ4n) is 1.92. The summed E-state index contributed by atoms with van der Waals surface area (Å²) in [5.74, 6) is 6.48. The van der Waals surface area contributed by atoms with E-state index in [9.17, 15) is 0 Å². The van der Waals surface area contributed by atoms with E-state index >= 15 is 0 Å². The molecule has 19 heavy (non-hydrogen) atoms. The van der Waals surface area contributed by atoms with Gasteiger partial charge in [0.1, 0.15) is 0 Å². The Kier molecular flexibility index (Phi) is 8.62. The van der Waals surface area contributed by atoms with E-state index in [0.717, 1.165) is 25.7 Å². The first-order valence-corrected chi connectivity index (χ1v) is 7.67. The molecule has 1 saturated heterocycles. The largest absolute Gasteiger partial charge is 0.343 e. The number of allylic oxidation sites excluding steroid dienone is 1. The van der Waals surface area contributed by atoms with Crippen molar-refractivity contribution in [2.24, 2.45) is 0 Å². The second kappa shape index (κ2) is 10.1. The highest BCUT2D eigenvalue weighted by Gasteiger charge is 2.27. The minimum atomic E-state index is -0.148. The topological polar surface area (TPSA) is 18.5 Å². The number of ether oxygens (including phenoxy) is 2. The lowest BCUT2D eigenvalue weighted by Gasteiger charge is -2.02. The van der Waals surface area contributed by atoms with Crippen molar-refractivity contribution in [3.63, 3.8) is 0 Å². The molecule has 2 heteroatoms. The standard InChI is InChI=1S/C17H28O2/c1-4-5-6-7-8-9-10-11-12-13-14-17-18-15(2)16(3)19-17/h13-17H,4-7,10-12H2,1-3H3/b14-13+/t15-,16-/m1/s1. The van der Waals surface area contributed by atoms with Gasteiger partial charge in [-0.3, -0.25) is 0 Å². The van der Waals surface area contributed by atoms with Gasteiger partial charge in [-0.2, -0.15) is 0 Å². The van der Waals surface area contributed by atoms with Gasteiger partial charge in [-0.1, -0.05) is 25.8 Å². The average molecular weight is 264 g/mol. The molecule has 0 aromatic heterocycles. The Morgan fingerprint density at radius 2 is 1.58 bits per heavy atom. The van der Waals surface area contributed by atoms with Crippen LogP contribution in [0.3, 0.4) is 0 Å². The van der Waals surface area contributed by atoms with Gasteiger partial charge in [0.05, 0.1) is 12.2 Å². The van der Waals surface area contributed by atoms with E-state index in [2.05, 4.69) is 24.8 Å². The van der Waals surface area contributed by atoms with Crippen molar-refractivity contribution in [1.29, 1.82) is 0 Å². The van der Waals surface area contributed by atoms with Crippen molar-refractivity contribution in [3.05, 3.63) is 12.2 Å². The lowest BCUT2D eigenvalue weighted by atomic mass is 10.2. The second-order valence-electron chi connectivity index (χ2n) is 5.18. The third-order valence-corrected chi connectivity index (χ3v) is 3.35. The highest BCUT2D eigenvalue weighted by atomic mass is 16.7. The van der Waals surface area contributed by atoms with E-state index in [-0.39, 0.29) is 18.5 Å². The fraction of sp³-hybridized carbons (Fsp3) is 0.765. The molecule has 1 aliphatic rings. The third-order valence-electron chi connectivity index (χ3n) is 3.35. The fourth-order valence-corrected chi connectivity index (χ4v) is 1.92. The van der Waals surface area contributed by atoms with Crippen molar-refractivity contribution in [2.75, 3.05) is 0 Å². The van der Waals surface area contributed by atoms with Crippen molar-refractivity contribution in [3.8, 4) is 11.8 Å². The van der Waals surface area contributed by atoms with Crippen molar-refractivity contribution < 1.29 is 9.47 Å². The molecule has 2 atom stereocenters. The molecule has 2 nitrogen and oxygen atoms in total. The van der Waals surface area contributed by atoms with Crippen molar-refractivity contribution >= 4 is 0 Å². The molecule has 108 valence electrons. The number of hydrogen-bond donors (Lipinski definition) is 0. The zero-order valence-corrected chi connectivity index (χ0v) is 12.7. The summed E-state index contributed by atoms with van der Waals surface area (Å²) in [6, 6.07) is 0. The summed E-state index contributed by atoms with van der Waals surface area (Å²) in [4.78, 5) is 0. The van der Waals surface area contributed by atoms with Gasteiger partial charge in [-0.15, -0.1) is 11.8 Å². The minimum absolute atomic E-state index is 0.148. The van der Waals surface area contributed by atoms with Gasteiger partial charge >= 0.3 is 0 Å². The maximum atomic E-state index is 5.62. The lowest BCUT2D eigenvalue weighted by molar-refractivity contribution is -0.0245. The molecule has 0 aromatic rings. The summed E-state index contributed by atoms with van der Waals surface area (Å²) in [5.41, 5.74) is 0. The quantitative estimate of drug-likeness (QED) is 0.384. The van der Waals surface area contributed by atoms with E-state index in [0.29, 0.717) is 0 Å². The number of unbranched alkanes of at least 4 members (excludes halogenated alkanes) is 5. The number of hydrogen-bond acceptors (Lipinski definition) is 2. The molecule has 1 fully saturated rings. The van der Waals surface area contributed by atoms with Gasteiger partial charge in [-0.25, -0.2) is 0 Å². The minimum Gasteiger partial charge on any atom is -0.343 e. The van der Waals surface area contributed by atoms with Crippen LogP contribution in [-0.4, -0.2) is 18.5 Å². The van der Waals surface area contributed by atoms with Crippen LogP contribution in [0, 0.1) is 11.8 Å². The normalized spacial score (nSPS) is 23.7. The maximum absolute atomic E-state index is 5.62. The zero-order chi connectivity index (χ0) is 13.9. The first-order chi connectivity index (χ1) is 9.24. The van der Waals surface area contributed by atoms with Crippen molar-refractivity contribution in [1.82, 2.24) is 0 Å². The van der Waals surface area contributed by atoms with Crippen LogP contribution in [0.5, 0.6) is 0 Å². The van der Waals surface area contributed by atoms with Gasteiger partial charge in [0.15, 0.2) is 6.29 Å². The van der Waals surface area contributed by atoms with E-state index in [1.54, 1.807) is 0 Å².